The average molecular weight is 337 g/mol. The summed E-state index contributed by atoms with van der Waals surface area (Å²) in [7, 11) is 0. The molecule has 1 aromatic heterocycles. The molecule has 4 heterocycles. The van der Waals surface area contributed by atoms with E-state index < -0.39 is 5.60 Å². The predicted molar refractivity (Wildman–Crippen MR) is 87.6 cm³/mol. The summed E-state index contributed by atoms with van der Waals surface area (Å²) in [6.45, 7) is 8.67. The van der Waals surface area contributed by atoms with Crippen molar-refractivity contribution in [1.82, 2.24) is 14.2 Å². The van der Waals surface area contributed by atoms with Crippen molar-refractivity contribution in [2.24, 2.45) is 0 Å². The Hall–Kier alpha value is -1.63. The third-order valence-corrected chi connectivity index (χ3v) is 4.96. The summed E-state index contributed by atoms with van der Waals surface area (Å²) in [6, 6.07) is 1.93. The Morgan fingerprint density at radius 2 is 1.83 bits per heavy atom. The van der Waals surface area contributed by atoms with Gasteiger partial charge in [0.25, 0.3) is 5.91 Å². The summed E-state index contributed by atoms with van der Waals surface area (Å²) in [6.07, 6.45) is 1.58. The fourth-order valence-corrected chi connectivity index (χ4v) is 3.77. The molecule has 1 aromatic rings. The number of nitrogens with zero attached hydrogens (tertiary/aromatic N) is 3. The quantitative estimate of drug-likeness (QED) is 0.790. The largest absolute Gasteiger partial charge is 0.444 e. The number of aryl methyl sites for hydroxylation is 1. The number of piperazine rings is 1. The van der Waals surface area contributed by atoms with Crippen LogP contribution in [0.1, 0.15) is 49.0 Å². The molecule has 3 saturated heterocycles. The molecule has 4 rings (SSSR count). The molecule has 126 valence electrons. The molecule has 3 aliphatic heterocycles. The van der Waals surface area contributed by atoms with Crippen molar-refractivity contribution in [3.8, 4) is 0 Å². The van der Waals surface area contributed by atoms with Crippen LogP contribution < -0.4 is 0 Å². The molecule has 0 aliphatic carbocycles. The van der Waals surface area contributed by atoms with Crippen LogP contribution in [0.2, 0.25) is 0 Å². The molecule has 0 spiro atoms. The number of carbonyl (C=O) groups is 2. The van der Waals surface area contributed by atoms with Gasteiger partial charge in [-0.25, -0.2) is 4.79 Å². The molecule has 3 fully saturated rings. The molecule has 0 radical (unpaired) electrons. The second-order valence-electron chi connectivity index (χ2n) is 7.30. The minimum absolute atomic E-state index is 0.0205. The van der Waals surface area contributed by atoms with E-state index in [2.05, 4.69) is 4.37 Å². The van der Waals surface area contributed by atoms with Crippen molar-refractivity contribution in [2.75, 3.05) is 13.1 Å². The van der Waals surface area contributed by atoms with Crippen LogP contribution in [0.3, 0.4) is 0 Å². The smallest absolute Gasteiger partial charge is 0.410 e. The zero-order chi connectivity index (χ0) is 16.8. The maximum atomic E-state index is 12.6. The summed E-state index contributed by atoms with van der Waals surface area (Å²) in [4.78, 5) is 29.7. The van der Waals surface area contributed by atoms with Gasteiger partial charge in [-0.1, -0.05) is 0 Å². The third-order valence-electron chi connectivity index (χ3n) is 4.27. The Kier molecular flexibility index (Phi) is 4.08. The highest BCUT2D eigenvalue weighted by molar-refractivity contribution is 7.05. The molecule has 0 saturated carbocycles. The van der Waals surface area contributed by atoms with E-state index in [0.29, 0.717) is 18.8 Å². The van der Waals surface area contributed by atoms with E-state index in [0.717, 1.165) is 17.7 Å². The first-order valence-electron chi connectivity index (χ1n) is 7.98. The number of aromatic nitrogens is 1. The van der Waals surface area contributed by atoms with Gasteiger partial charge in [0.1, 0.15) is 11.3 Å². The van der Waals surface area contributed by atoms with E-state index in [4.69, 9.17) is 4.74 Å². The molecule has 2 unspecified atom stereocenters. The van der Waals surface area contributed by atoms with E-state index in [1.165, 1.54) is 11.5 Å². The Morgan fingerprint density at radius 1 is 1.22 bits per heavy atom. The summed E-state index contributed by atoms with van der Waals surface area (Å²) in [5, 5.41) is 0. The first-order chi connectivity index (χ1) is 10.7. The van der Waals surface area contributed by atoms with E-state index in [9.17, 15) is 9.59 Å². The van der Waals surface area contributed by atoms with Gasteiger partial charge in [0.15, 0.2) is 0 Å². The van der Waals surface area contributed by atoms with Gasteiger partial charge in [-0.05, 0) is 58.1 Å². The fourth-order valence-electron chi connectivity index (χ4n) is 3.24. The highest BCUT2D eigenvalue weighted by atomic mass is 32.1. The summed E-state index contributed by atoms with van der Waals surface area (Å²) in [5.74, 6) is -0.0205. The molecule has 23 heavy (non-hydrogen) atoms. The lowest BCUT2D eigenvalue weighted by atomic mass is 9.91. The molecule has 0 N–H and O–H groups in total. The monoisotopic (exact) mass is 337 g/mol. The van der Waals surface area contributed by atoms with Crippen LogP contribution >= 0.6 is 11.5 Å². The lowest BCUT2D eigenvalue weighted by Crippen LogP contribution is -2.65. The van der Waals surface area contributed by atoms with E-state index in [-0.39, 0.29) is 24.1 Å². The Bertz CT molecular complexity index is 622. The van der Waals surface area contributed by atoms with Gasteiger partial charge >= 0.3 is 6.09 Å². The minimum atomic E-state index is -0.499. The van der Waals surface area contributed by atoms with Crippen LogP contribution in [0, 0.1) is 6.92 Å². The van der Waals surface area contributed by atoms with Crippen molar-refractivity contribution < 1.29 is 14.3 Å². The Labute approximate surface area is 140 Å². The first kappa shape index (κ1) is 16.2. The van der Waals surface area contributed by atoms with Crippen LogP contribution in [0.15, 0.2) is 6.07 Å². The maximum absolute atomic E-state index is 12.6. The van der Waals surface area contributed by atoms with Crippen LogP contribution in [-0.4, -0.2) is 56.9 Å². The first-order valence-corrected chi connectivity index (χ1v) is 8.76. The normalized spacial score (nSPS) is 24.0. The number of hydrogen-bond donors (Lipinski definition) is 0. The minimum Gasteiger partial charge on any atom is -0.444 e. The van der Waals surface area contributed by atoms with Gasteiger partial charge in [-0.15, -0.1) is 0 Å². The number of hydrogen-bond acceptors (Lipinski definition) is 5. The van der Waals surface area contributed by atoms with Gasteiger partial charge in [0.2, 0.25) is 0 Å². The fraction of sp³-hybridized carbons (Fsp3) is 0.688. The number of amides is 2. The highest BCUT2D eigenvalue weighted by Gasteiger charge is 2.44. The molecule has 2 bridgehead atoms. The maximum Gasteiger partial charge on any atom is 0.410 e. The number of ether oxygens (including phenoxy) is 1. The number of carbonyl (C=O) groups excluding carboxylic acids is 2. The summed E-state index contributed by atoms with van der Waals surface area (Å²) >= 11 is 1.35. The predicted octanol–water partition coefficient (Wildman–Crippen LogP) is 2.68. The summed E-state index contributed by atoms with van der Waals surface area (Å²) in [5.41, 5.74) is 0.0189. The van der Waals surface area contributed by atoms with Crippen LogP contribution in [0.25, 0.3) is 0 Å². The highest BCUT2D eigenvalue weighted by Crippen LogP contribution is 2.31. The molecular weight excluding hydrogens is 314 g/mol. The van der Waals surface area contributed by atoms with E-state index in [1.54, 1.807) is 4.90 Å². The molecule has 6 nitrogen and oxygen atoms in total. The van der Waals surface area contributed by atoms with Gasteiger partial charge < -0.3 is 14.5 Å². The second kappa shape index (κ2) is 5.78. The van der Waals surface area contributed by atoms with Crippen LogP contribution in [0.4, 0.5) is 4.79 Å². The van der Waals surface area contributed by atoms with E-state index >= 15 is 0 Å². The lowest BCUT2D eigenvalue weighted by Gasteiger charge is -2.51. The van der Waals surface area contributed by atoms with E-state index in [1.807, 2.05) is 38.7 Å². The van der Waals surface area contributed by atoms with Gasteiger partial charge in [-0.2, -0.15) is 4.37 Å². The van der Waals surface area contributed by atoms with Crippen LogP contribution in [-0.2, 0) is 4.74 Å². The zero-order valence-electron chi connectivity index (χ0n) is 14.0. The number of fused-ring (bicyclic) bond motifs is 3. The second-order valence-corrected chi connectivity index (χ2v) is 8.31. The van der Waals surface area contributed by atoms with Crippen molar-refractivity contribution in [2.45, 2.75) is 58.2 Å². The SMILES string of the molecule is Cc1cc(C(=O)N2CC3CCC2CN3C(=O)OC(C)(C)C)ns1. The Balaban J connectivity index is 1.70. The number of piperidine rings is 2. The van der Waals surface area contributed by atoms with Gasteiger partial charge in [0.05, 0.1) is 6.04 Å². The van der Waals surface area contributed by atoms with Crippen molar-refractivity contribution in [1.29, 1.82) is 0 Å². The third kappa shape index (κ3) is 3.34. The lowest BCUT2D eigenvalue weighted by molar-refractivity contribution is -0.0342. The molecule has 2 amide bonds. The topological polar surface area (TPSA) is 62.7 Å². The van der Waals surface area contributed by atoms with Crippen LogP contribution in [0.5, 0.6) is 0 Å². The number of rotatable bonds is 1. The summed E-state index contributed by atoms with van der Waals surface area (Å²) < 4.78 is 9.71. The van der Waals surface area contributed by atoms with Gasteiger partial charge in [0, 0.05) is 24.0 Å². The molecule has 7 heteroatoms. The molecule has 2 atom stereocenters. The van der Waals surface area contributed by atoms with Crippen molar-refractivity contribution >= 4 is 23.5 Å². The van der Waals surface area contributed by atoms with Gasteiger partial charge in [-0.3, -0.25) is 4.79 Å². The zero-order valence-corrected chi connectivity index (χ0v) is 14.9. The average Bonchev–Trinajstić information content (AvgIpc) is 2.91. The van der Waals surface area contributed by atoms with Crippen molar-refractivity contribution in [3.63, 3.8) is 0 Å². The Morgan fingerprint density at radius 3 is 2.30 bits per heavy atom. The molecule has 3 aliphatic rings. The molecular formula is C16H23N3O3S. The molecule has 0 aromatic carbocycles. The van der Waals surface area contributed by atoms with Crippen molar-refractivity contribution in [3.05, 3.63) is 16.6 Å². The standard InChI is InChI=1S/C16H23N3O3S/c1-10-7-13(17-23-10)14(20)18-8-12-6-5-11(18)9-19(12)15(21)22-16(2,3)4/h7,11-12H,5-6,8-9H2,1-4H3.